The first-order chi connectivity index (χ1) is 11.7. The lowest BCUT2D eigenvalue weighted by molar-refractivity contribution is -0.152. The van der Waals surface area contributed by atoms with Gasteiger partial charge in [-0.1, -0.05) is 17.7 Å². The van der Waals surface area contributed by atoms with Crippen LogP contribution in [0.2, 0.25) is 5.02 Å². The number of halogens is 5. The average Bonchev–Trinajstić information content (AvgIpc) is 2.47. The predicted molar refractivity (Wildman–Crippen MR) is 86.8 cm³/mol. The number of benzene rings is 1. The summed E-state index contributed by atoms with van der Waals surface area (Å²) in [6, 6.07) is 4.46. The fourth-order valence-electron chi connectivity index (χ4n) is 1.85. The molecule has 1 heterocycles. The lowest BCUT2D eigenvalue weighted by Gasteiger charge is -2.17. The molecular formula is C15H11BrClF3N2O3. The molecule has 1 unspecified atom stereocenters. The lowest BCUT2D eigenvalue weighted by Crippen LogP contribution is -2.23. The van der Waals surface area contributed by atoms with Gasteiger partial charge in [0.15, 0.2) is 0 Å². The molecule has 1 atom stereocenters. The summed E-state index contributed by atoms with van der Waals surface area (Å²) in [6.07, 6.45) is -4.44. The van der Waals surface area contributed by atoms with Crippen molar-refractivity contribution in [2.24, 2.45) is 0 Å². The zero-order chi connectivity index (χ0) is 18.6. The second-order valence-electron chi connectivity index (χ2n) is 4.93. The van der Waals surface area contributed by atoms with Gasteiger partial charge in [0.2, 0.25) is 0 Å². The van der Waals surface area contributed by atoms with Gasteiger partial charge in [-0.3, -0.25) is 0 Å². The largest absolute Gasteiger partial charge is 0.459 e. The van der Waals surface area contributed by atoms with E-state index in [1.807, 2.05) is 0 Å². The van der Waals surface area contributed by atoms with Crippen LogP contribution in [-0.4, -0.2) is 28.2 Å². The van der Waals surface area contributed by atoms with Crippen LogP contribution in [0, 0.1) is 0 Å². The normalized spacial score (nSPS) is 12.6. The molecule has 0 amide bonds. The Bertz CT molecular complexity index is 757. The van der Waals surface area contributed by atoms with Gasteiger partial charge in [-0.05, 0) is 35.0 Å². The van der Waals surface area contributed by atoms with E-state index in [1.54, 1.807) is 6.07 Å². The molecule has 1 aromatic heterocycles. The molecule has 5 nitrogen and oxygen atoms in total. The van der Waals surface area contributed by atoms with Gasteiger partial charge >= 0.3 is 18.2 Å². The van der Waals surface area contributed by atoms with Gasteiger partial charge in [0, 0.05) is 4.47 Å². The van der Waals surface area contributed by atoms with Crippen LogP contribution < -0.4 is 4.74 Å². The van der Waals surface area contributed by atoms with Crippen LogP contribution in [0.4, 0.5) is 13.2 Å². The number of carbonyl (C=O) groups is 1. The van der Waals surface area contributed by atoms with E-state index < -0.39 is 24.7 Å². The standard InChI is InChI=1S/C15H11BrClF3N2O3/c1-8(5-15(18,19)20)24-13(23)12-10(16)3-2-4-11(12)25-14-21-6-9(17)7-22-14/h2-4,6-8H,5H2,1H3. The first-order valence-corrected chi connectivity index (χ1v) is 8.04. The van der Waals surface area contributed by atoms with E-state index in [1.165, 1.54) is 24.5 Å². The topological polar surface area (TPSA) is 61.3 Å². The molecule has 0 radical (unpaired) electrons. The number of esters is 1. The van der Waals surface area contributed by atoms with E-state index in [9.17, 15) is 18.0 Å². The fourth-order valence-corrected chi connectivity index (χ4v) is 2.46. The van der Waals surface area contributed by atoms with Crippen LogP contribution in [0.3, 0.4) is 0 Å². The van der Waals surface area contributed by atoms with Crippen molar-refractivity contribution in [3.63, 3.8) is 0 Å². The third-order valence-corrected chi connectivity index (χ3v) is 3.66. The molecule has 0 spiro atoms. The van der Waals surface area contributed by atoms with Gasteiger partial charge in [0.05, 0.1) is 23.8 Å². The number of nitrogens with zero attached hydrogens (tertiary/aromatic N) is 2. The zero-order valence-electron chi connectivity index (χ0n) is 12.7. The van der Waals surface area contributed by atoms with E-state index in [0.29, 0.717) is 9.50 Å². The number of rotatable bonds is 5. The van der Waals surface area contributed by atoms with Gasteiger partial charge < -0.3 is 9.47 Å². The molecule has 10 heteroatoms. The smallest absolute Gasteiger partial charge is 0.392 e. The number of hydrogen-bond donors (Lipinski definition) is 0. The molecule has 25 heavy (non-hydrogen) atoms. The highest BCUT2D eigenvalue weighted by Crippen LogP contribution is 2.31. The number of ether oxygens (including phenoxy) is 2. The Morgan fingerprint density at radius 2 is 1.96 bits per heavy atom. The molecule has 0 aliphatic carbocycles. The molecule has 2 rings (SSSR count). The fraction of sp³-hybridized carbons (Fsp3) is 0.267. The molecule has 1 aromatic carbocycles. The Balaban J connectivity index is 2.22. The summed E-state index contributed by atoms with van der Waals surface area (Å²) < 4.78 is 47.7. The maximum atomic E-state index is 12.4. The lowest BCUT2D eigenvalue weighted by atomic mass is 10.2. The Labute approximate surface area is 154 Å². The maximum absolute atomic E-state index is 12.4. The molecule has 0 fully saturated rings. The molecule has 0 saturated carbocycles. The van der Waals surface area contributed by atoms with E-state index in [-0.39, 0.29) is 17.3 Å². The second-order valence-corrected chi connectivity index (χ2v) is 6.22. The van der Waals surface area contributed by atoms with Crippen molar-refractivity contribution in [2.45, 2.75) is 25.6 Å². The van der Waals surface area contributed by atoms with Crippen LogP contribution in [0.1, 0.15) is 23.7 Å². The SMILES string of the molecule is CC(CC(F)(F)F)OC(=O)c1c(Br)cccc1Oc1ncc(Cl)cn1. The van der Waals surface area contributed by atoms with Crippen molar-refractivity contribution in [2.75, 3.05) is 0 Å². The summed E-state index contributed by atoms with van der Waals surface area (Å²) in [5.74, 6) is -0.936. The highest BCUT2D eigenvalue weighted by atomic mass is 79.9. The van der Waals surface area contributed by atoms with E-state index in [0.717, 1.165) is 6.92 Å². The summed E-state index contributed by atoms with van der Waals surface area (Å²) >= 11 is 8.84. The van der Waals surface area contributed by atoms with Crippen LogP contribution >= 0.6 is 27.5 Å². The highest BCUT2D eigenvalue weighted by molar-refractivity contribution is 9.10. The molecule has 0 bridgehead atoms. The first kappa shape index (κ1) is 19.5. The van der Waals surface area contributed by atoms with E-state index in [4.69, 9.17) is 21.1 Å². The molecule has 2 aromatic rings. The number of aromatic nitrogens is 2. The van der Waals surface area contributed by atoms with Gasteiger partial charge in [0.25, 0.3) is 0 Å². The minimum atomic E-state index is -4.44. The quantitative estimate of drug-likeness (QED) is 0.601. The summed E-state index contributed by atoms with van der Waals surface area (Å²) in [5.41, 5.74) is -0.0740. The van der Waals surface area contributed by atoms with Crippen LogP contribution in [0.25, 0.3) is 0 Å². The summed E-state index contributed by atoms with van der Waals surface area (Å²) in [7, 11) is 0. The zero-order valence-corrected chi connectivity index (χ0v) is 15.0. The van der Waals surface area contributed by atoms with Gasteiger partial charge in [-0.2, -0.15) is 13.2 Å². The second kappa shape index (κ2) is 8.01. The third-order valence-electron chi connectivity index (χ3n) is 2.80. The molecule has 134 valence electrons. The van der Waals surface area contributed by atoms with Crippen LogP contribution in [-0.2, 0) is 4.74 Å². The molecule has 0 saturated heterocycles. The Hall–Kier alpha value is -1.87. The summed E-state index contributed by atoms with van der Waals surface area (Å²) in [4.78, 5) is 19.9. The van der Waals surface area contributed by atoms with Crippen molar-refractivity contribution < 1.29 is 27.4 Å². The minimum absolute atomic E-state index is 0.0286. The highest BCUT2D eigenvalue weighted by Gasteiger charge is 2.32. The Morgan fingerprint density at radius 1 is 1.32 bits per heavy atom. The number of hydrogen-bond acceptors (Lipinski definition) is 5. The van der Waals surface area contributed by atoms with Crippen LogP contribution in [0.15, 0.2) is 35.1 Å². The molecule has 0 aliphatic rings. The molecule has 0 aliphatic heterocycles. The summed E-state index contributed by atoms with van der Waals surface area (Å²) in [5, 5.41) is 0.294. The van der Waals surface area contributed by atoms with Gasteiger partial charge in [0.1, 0.15) is 17.4 Å². The van der Waals surface area contributed by atoms with E-state index in [2.05, 4.69) is 25.9 Å². The minimum Gasteiger partial charge on any atom is -0.459 e. The number of alkyl halides is 3. The van der Waals surface area contributed by atoms with Gasteiger partial charge in [-0.15, -0.1) is 0 Å². The van der Waals surface area contributed by atoms with Crippen molar-refractivity contribution in [1.29, 1.82) is 0 Å². The van der Waals surface area contributed by atoms with E-state index >= 15 is 0 Å². The predicted octanol–water partition coefficient (Wildman–Crippen LogP) is 5.18. The maximum Gasteiger partial charge on any atom is 0.392 e. The van der Waals surface area contributed by atoms with Crippen LogP contribution in [0.5, 0.6) is 11.8 Å². The van der Waals surface area contributed by atoms with Gasteiger partial charge in [-0.25, -0.2) is 14.8 Å². The Kier molecular flexibility index (Phi) is 6.23. The average molecular weight is 440 g/mol. The molecule has 0 N–H and O–H groups in total. The third kappa shape index (κ3) is 5.86. The van der Waals surface area contributed by atoms with Crippen molar-refractivity contribution in [1.82, 2.24) is 9.97 Å². The Morgan fingerprint density at radius 3 is 2.56 bits per heavy atom. The van der Waals surface area contributed by atoms with Crippen molar-refractivity contribution >= 4 is 33.5 Å². The van der Waals surface area contributed by atoms with Crippen molar-refractivity contribution in [3.05, 3.63) is 45.7 Å². The number of carbonyl (C=O) groups excluding carboxylic acids is 1. The summed E-state index contributed by atoms with van der Waals surface area (Å²) in [6.45, 7) is 1.16. The monoisotopic (exact) mass is 438 g/mol. The molecular weight excluding hydrogens is 429 g/mol. The van der Waals surface area contributed by atoms with Crippen molar-refractivity contribution in [3.8, 4) is 11.8 Å². The first-order valence-electron chi connectivity index (χ1n) is 6.87.